The number of rotatable bonds is 4. The molecule has 1 aromatic heterocycles. The molecule has 1 N–H and O–H groups in total. The maximum atomic E-state index is 14.0. The number of likely N-dealkylation sites (N-methyl/N-ethyl adjacent to an activating group) is 1. The first-order valence-corrected chi connectivity index (χ1v) is 5.68. The number of nitrogens with one attached hydrogen (secondary N) is 1. The highest BCUT2D eigenvalue weighted by molar-refractivity contribution is 5.78. The molecule has 92 valence electrons. The number of hydrogen-bond acceptors (Lipinski definition) is 2. The second-order valence-corrected chi connectivity index (χ2v) is 4.09. The second-order valence-electron chi connectivity index (χ2n) is 4.09. The van der Waals surface area contributed by atoms with Crippen LogP contribution >= 0.6 is 0 Å². The Hall–Kier alpha value is -1.42. The Labute approximate surface area is 98.6 Å². The van der Waals surface area contributed by atoms with Crippen molar-refractivity contribution in [3.8, 4) is 0 Å². The standard InChI is InChI=1S/C13H15F2NO/c1-3-9(16-2)7-10-11(14)6-8-4-5-17-13(8)12(10)15/h4-6,9,16H,3,7H2,1-2H3/t9-/m0/s1. The molecule has 1 heterocycles. The Bertz CT molecular complexity index is 517. The first-order valence-electron chi connectivity index (χ1n) is 5.68. The highest BCUT2D eigenvalue weighted by atomic mass is 19.1. The van der Waals surface area contributed by atoms with Crippen LogP contribution in [0.3, 0.4) is 0 Å². The van der Waals surface area contributed by atoms with Gasteiger partial charge in [0.25, 0.3) is 0 Å². The van der Waals surface area contributed by atoms with Crippen LogP contribution in [0.15, 0.2) is 22.8 Å². The van der Waals surface area contributed by atoms with E-state index in [4.69, 9.17) is 4.42 Å². The van der Waals surface area contributed by atoms with Crippen LogP contribution in [0.5, 0.6) is 0 Å². The summed E-state index contributed by atoms with van der Waals surface area (Å²) in [6.45, 7) is 1.97. The number of halogens is 2. The molecule has 0 saturated heterocycles. The van der Waals surface area contributed by atoms with E-state index in [0.29, 0.717) is 11.8 Å². The lowest BCUT2D eigenvalue weighted by atomic mass is 10.0. The van der Waals surface area contributed by atoms with Crippen LogP contribution in [0.2, 0.25) is 0 Å². The van der Waals surface area contributed by atoms with Crippen molar-refractivity contribution in [1.82, 2.24) is 5.32 Å². The Morgan fingerprint density at radius 3 is 2.82 bits per heavy atom. The minimum absolute atomic E-state index is 0.0615. The van der Waals surface area contributed by atoms with E-state index in [-0.39, 0.29) is 17.2 Å². The maximum absolute atomic E-state index is 14.0. The number of benzene rings is 1. The average molecular weight is 239 g/mol. The molecule has 1 aromatic carbocycles. The van der Waals surface area contributed by atoms with Crippen LogP contribution in [-0.4, -0.2) is 13.1 Å². The van der Waals surface area contributed by atoms with Gasteiger partial charge in [0, 0.05) is 17.0 Å². The molecule has 0 aliphatic carbocycles. The van der Waals surface area contributed by atoms with E-state index in [1.54, 1.807) is 13.1 Å². The number of hydrogen-bond donors (Lipinski definition) is 1. The summed E-state index contributed by atoms with van der Waals surface area (Å²) in [5, 5.41) is 3.49. The summed E-state index contributed by atoms with van der Waals surface area (Å²) in [4.78, 5) is 0. The zero-order valence-corrected chi connectivity index (χ0v) is 9.89. The van der Waals surface area contributed by atoms with Gasteiger partial charge in [-0.25, -0.2) is 8.78 Å². The highest BCUT2D eigenvalue weighted by Crippen LogP contribution is 2.26. The van der Waals surface area contributed by atoms with Crippen molar-refractivity contribution in [2.75, 3.05) is 7.05 Å². The largest absolute Gasteiger partial charge is 0.461 e. The van der Waals surface area contributed by atoms with Crippen molar-refractivity contribution < 1.29 is 13.2 Å². The minimum atomic E-state index is -0.585. The lowest BCUT2D eigenvalue weighted by Gasteiger charge is -2.14. The van der Waals surface area contributed by atoms with Gasteiger partial charge in [-0.15, -0.1) is 0 Å². The Kier molecular flexibility index (Phi) is 3.43. The predicted molar refractivity (Wildman–Crippen MR) is 63.0 cm³/mol. The summed E-state index contributed by atoms with van der Waals surface area (Å²) in [7, 11) is 1.79. The van der Waals surface area contributed by atoms with Gasteiger partial charge in [0.05, 0.1) is 6.26 Å². The first kappa shape index (κ1) is 12.0. The number of fused-ring (bicyclic) bond motifs is 1. The van der Waals surface area contributed by atoms with Gasteiger partial charge >= 0.3 is 0 Å². The van der Waals surface area contributed by atoms with Gasteiger partial charge in [-0.05, 0) is 32.0 Å². The molecule has 0 aliphatic heterocycles. The van der Waals surface area contributed by atoms with E-state index in [1.165, 1.54) is 12.3 Å². The molecule has 2 aromatic rings. The average Bonchev–Trinajstić information content (AvgIpc) is 2.77. The van der Waals surface area contributed by atoms with E-state index >= 15 is 0 Å². The monoisotopic (exact) mass is 239 g/mol. The summed E-state index contributed by atoms with van der Waals surface area (Å²) in [5.74, 6) is -1.09. The van der Waals surface area contributed by atoms with Gasteiger partial charge in [0.1, 0.15) is 5.82 Å². The molecule has 2 nitrogen and oxygen atoms in total. The Balaban J connectivity index is 2.45. The molecule has 0 spiro atoms. The van der Waals surface area contributed by atoms with E-state index < -0.39 is 11.6 Å². The molecule has 0 bridgehead atoms. The van der Waals surface area contributed by atoms with Gasteiger partial charge in [0.2, 0.25) is 0 Å². The van der Waals surface area contributed by atoms with Crippen LogP contribution in [0.4, 0.5) is 8.78 Å². The summed E-state index contributed by atoms with van der Waals surface area (Å²) in [6.07, 6.45) is 2.50. The third kappa shape index (κ3) is 2.17. The van der Waals surface area contributed by atoms with E-state index in [0.717, 1.165) is 6.42 Å². The van der Waals surface area contributed by atoms with Crippen molar-refractivity contribution in [2.45, 2.75) is 25.8 Å². The van der Waals surface area contributed by atoms with E-state index in [2.05, 4.69) is 5.32 Å². The van der Waals surface area contributed by atoms with Crippen molar-refractivity contribution >= 4 is 11.0 Å². The van der Waals surface area contributed by atoms with Crippen molar-refractivity contribution in [3.05, 3.63) is 35.6 Å². The van der Waals surface area contributed by atoms with Crippen LogP contribution in [0, 0.1) is 11.6 Å². The lowest BCUT2D eigenvalue weighted by molar-refractivity contribution is 0.489. The summed E-state index contributed by atoms with van der Waals surface area (Å²) < 4.78 is 32.8. The van der Waals surface area contributed by atoms with Crippen molar-refractivity contribution in [1.29, 1.82) is 0 Å². The molecule has 0 radical (unpaired) electrons. The molecule has 0 unspecified atom stereocenters. The summed E-state index contributed by atoms with van der Waals surface area (Å²) in [6, 6.07) is 2.94. The smallest absolute Gasteiger partial charge is 0.172 e. The first-order chi connectivity index (χ1) is 8.17. The zero-order chi connectivity index (χ0) is 12.4. The van der Waals surface area contributed by atoms with Gasteiger partial charge in [0.15, 0.2) is 11.4 Å². The quantitative estimate of drug-likeness (QED) is 0.886. The van der Waals surface area contributed by atoms with E-state index in [9.17, 15) is 8.78 Å². The van der Waals surface area contributed by atoms with Crippen LogP contribution in [0.1, 0.15) is 18.9 Å². The SMILES string of the molecule is CC[C@@H](Cc1c(F)cc2ccoc2c1F)NC. The fourth-order valence-corrected chi connectivity index (χ4v) is 1.96. The molecule has 0 amide bonds. The topological polar surface area (TPSA) is 25.2 Å². The molecule has 1 atom stereocenters. The van der Waals surface area contributed by atoms with Crippen LogP contribution < -0.4 is 5.32 Å². The fraction of sp³-hybridized carbons (Fsp3) is 0.385. The van der Waals surface area contributed by atoms with Gasteiger partial charge in [-0.3, -0.25) is 0 Å². The zero-order valence-electron chi connectivity index (χ0n) is 9.89. The second kappa shape index (κ2) is 4.84. The van der Waals surface area contributed by atoms with Crippen molar-refractivity contribution in [3.63, 3.8) is 0 Å². The summed E-state index contributed by atoms with van der Waals surface area (Å²) >= 11 is 0. The molecule has 17 heavy (non-hydrogen) atoms. The van der Waals surface area contributed by atoms with Gasteiger partial charge in [-0.1, -0.05) is 6.92 Å². The molecule has 4 heteroatoms. The molecule has 2 rings (SSSR count). The normalized spacial score (nSPS) is 13.2. The fourth-order valence-electron chi connectivity index (χ4n) is 1.96. The van der Waals surface area contributed by atoms with Crippen LogP contribution in [-0.2, 0) is 6.42 Å². The molecule has 0 aliphatic rings. The Morgan fingerprint density at radius 1 is 1.41 bits per heavy atom. The Morgan fingerprint density at radius 2 is 2.18 bits per heavy atom. The molecular weight excluding hydrogens is 224 g/mol. The predicted octanol–water partition coefficient (Wildman–Crippen LogP) is 3.25. The molecular formula is C13H15F2NO. The van der Waals surface area contributed by atoms with Gasteiger partial charge < -0.3 is 9.73 Å². The summed E-state index contributed by atoms with van der Waals surface area (Å²) in [5.41, 5.74) is 0.223. The third-order valence-corrected chi connectivity index (χ3v) is 3.08. The van der Waals surface area contributed by atoms with E-state index in [1.807, 2.05) is 6.92 Å². The molecule has 0 fully saturated rings. The maximum Gasteiger partial charge on any atom is 0.172 e. The van der Waals surface area contributed by atoms with Gasteiger partial charge in [-0.2, -0.15) is 0 Å². The van der Waals surface area contributed by atoms with Crippen molar-refractivity contribution in [2.24, 2.45) is 0 Å². The number of furan rings is 1. The van der Waals surface area contributed by atoms with Crippen LogP contribution in [0.25, 0.3) is 11.0 Å². The lowest BCUT2D eigenvalue weighted by Crippen LogP contribution is -2.27. The minimum Gasteiger partial charge on any atom is -0.461 e. The highest BCUT2D eigenvalue weighted by Gasteiger charge is 2.18. The molecule has 0 saturated carbocycles. The third-order valence-electron chi connectivity index (χ3n) is 3.08.